The number of fused-ring (bicyclic) bond motifs is 5. The van der Waals surface area contributed by atoms with Gasteiger partial charge in [0, 0.05) is 39.9 Å². The molecule has 4 heteroatoms. The number of anilines is 5. The van der Waals surface area contributed by atoms with Crippen LogP contribution in [0.25, 0.3) is 56.2 Å². The highest BCUT2D eigenvalue weighted by atomic mass is 16.5. The third-order valence-electron chi connectivity index (χ3n) is 23.1. The third-order valence-corrected chi connectivity index (χ3v) is 23.1. The van der Waals surface area contributed by atoms with Gasteiger partial charge in [-0.3, -0.25) is 0 Å². The van der Waals surface area contributed by atoms with E-state index >= 15 is 0 Å². The first-order chi connectivity index (χ1) is 53.2. The average molecular weight is 1390 g/mol. The van der Waals surface area contributed by atoms with Crippen LogP contribution in [0.2, 0.25) is 0 Å². The van der Waals surface area contributed by atoms with E-state index in [4.69, 9.17) is 9.47 Å². The highest BCUT2D eigenvalue weighted by Crippen LogP contribution is 2.63. The van der Waals surface area contributed by atoms with E-state index in [1.807, 2.05) is 36.4 Å². The van der Waals surface area contributed by atoms with Gasteiger partial charge in [-0.25, -0.2) is 0 Å². The van der Waals surface area contributed by atoms with E-state index in [1.165, 1.54) is 89.2 Å². The third kappa shape index (κ3) is 11.8. The Bertz CT molecular complexity index is 5740. The molecule has 0 N–H and O–H groups in total. The van der Waals surface area contributed by atoms with E-state index in [0.717, 1.165) is 87.3 Å². The first-order valence-electron chi connectivity index (χ1n) is 37.8. The van der Waals surface area contributed by atoms with Crippen molar-refractivity contribution in [2.75, 3.05) is 9.80 Å². The minimum Gasteiger partial charge on any atom is -0.458 e. The predicted octanol–water partition coefficient (Wildman–Crippen LogP) is 27.1. The van der Waals surface area contributed by atoms with Gasteiger partial charge in [0.05, 0.1) is 10.8 Å². The second-order valence-corrected chi connectivity index (χ2v) is 29.4. The fraction of sp³-hybridized carbons (Fsp3) is 0.0962. The van der Waals surface area contributed by atoms with Crippen LogP contribution >= 0.6 is 0 Å². The summed E-state index contributed by atoms with van der Waals surface area (Å²) < 4.78 is 13.2. The first kappa shape index (κ1) is 66.9. The first-order valence-corrected chi connectivity index (χ1v) is 37.8. The van der Waals surface area contributed by atoms with Gasteiger partial charge in [-0.2, -0.15) is 0 Å². The monoisotopic (exact) mass is 1390 g/mol. The van der Waals surface area contributed by atoms with Crippen LogP contribution in [-0.4, -0.2) is 5.54 Å². The van der Waals surface area contributed by atoms with Gasteiger partial charge in [0.2, 0.25) is 0 Å². The number of hydrogen-bond acceptors (Lipinski definition) is 4. The number of rotatable bonds is 19. The molecule has 0 heterocycles. The molecule has 5 atom stereocenters. The van der Waals surface area contributed by atoms with E-state index < -0.39 is 10.8 Å². The topological polar surface area (TPSA) is 24.9 Å². The second kappa shape index (κ2) is 28.1. The Morgan fingerprint density at radius 1 is 0.380 bits per heavy atom. The number of ether oxygens (including phenoxy) is 2. The standard InChI is InChI=1S/C104H82N2O2/c1-5-73-37-55-90(56-38-73)107-91-58-46-83(47-59-91)103(81-29-17-9-18-30-81)98-68-79(75-25-13-7-14-26-75)44-62-94(98)96-64-54-89(70-100(96)103)105(85-33-21-11-22-34-85)86-50-39-77(40-51-86)78-41-52-88(53-42-78)106(87-35-23-12-24-36-87)102(4)66-65-97-95-63-45-80(76-27-15-8-16-28-76)69-99(95)104(101(97)71-102,82-31-19-10-20-32-82)84-48-60-92(61-49-84)108-93-57-43-74(6-2)72(3)67-93/h5-64,67-70,72,74H,1-2,65-66,71H2,3-4H3. The summed E-state index contributed by atoms with van der Waals surface area (Å²) in [5.74, 6) is 3.79. The van der Waals surface area contributed by atoms with Gasteiger partial charge in [-0.15, -0.1) is 6.58 Å². The lowest BCUT2D eigenvalue weighted by Gasteiger charge is -2.49. The van der Waals surface area contributed by atoms with E-state index in [1.54, 1.807) is 0 Å². The van der Waals surface area contributed by atoms with Gasteiger partial charge in [-0.05, 0) is 259 Å². The summed E-state index contributed by atoms with van der Waals surface area (Å²) in [6.07, 6.45) is 13.0. The van der Waals surface area contributed by atoms with Crippen molar-refractivity contribution in [2.24, 2.45) is 11.8 Å². The minimum absolute atomic E-state index is 0.286. The van der Waals surface area contributed by atoms with Crippen molar-refractivity contribution < 1.29 is 9.47 Å². The molecule has 0 aromatic heterocycles. The summed E-state index contributed by atoms with van der Waals surface area (Å²) >= 11 is 0. The summed E-state index contributed by atoms with van der Waals surface area (Å²) in [5.41, 5.74) is 27.1. The molecule has 4 nitrogen and oxygen atoms in total. The van der Waals surface area contributed by atoms with E-state index in [0.29, 0.717) is 5.92 Å². The smallest absolute Gasteiger partial charge is 0.127 e. The lowest BCUT2D eigenvalue weighted by Crippen LogP contribution is -2.47. The lowest BCUT2D eigenvalue weighted by molar-refractivity contribution is 0.398. The van der Waals surface area contributed by atoms with E-state index in [-0.39, 0.29) is 11.5 Å². The summed E-state index contributed by atoms with van der Waals surface area (Å²) in [6.45, 7) is 12.8. The van der Waals surface area contributed by atoms with Gasteiger partial charge in [-0.1, -0.05) is 280 Å². The molecule has 0 bridgehead atoms. The Morgan fingerprint density at radius 3 is 1.33 bits per heavy atom. The zero-order valence-corrected chi connectivity index (χ0v) is 60.9. The molecule has 0 radical (unpaired) electrons. The fourth-order valence-electron chi connectivity index (χ4n) is 17.9. The second-order valence-electron chi connectivity index (χ2n) is 29.4. The van der Waals surface area contributed by atoms with E-state index in [2.05, 4.69) is 389 Å². The molecule has 14 aromatic carbocycles. The molecule has 14 aromatic rings. The van der Waals surface area contributed by atoms with Crippen LogP contribution in [0, 0.1) is 11.8 Å². The Balaban J connectivity index is 0.702. The van der Waals surface area contributed by atoms with Crippen molar-refractivity contribution in [3.8, 4) is 61.8 Å². The van der Waals surface area contributed by atoms with Crippen LogP contribution in [-0.2, 0) is 10.8 Å². The number of para-hydroxylation sites is 2. The SMILES string of the molecule is C=Cc1ccc(Oc2ccc(C3(c4ccccc4)c4cc(-c5ccccc5)ccc4-c4ccc(N(c5ccccc5)c5ccc(-c6ccc(N(c7ccccc7)C7(C)CCC8=C(C7)C(c7ccccc7)(c7ccc(OC9=CC(C)C(C=C)C=C9)cc7)c7cc(-c9ccccc9)ccc78)cc6)cc5)cc43)cc2)cc1. The van der Waals surface area contributed by atoms with Crippen LogP contribution in [0.15, 0.2) is 407 Å². The zero-order chi connectivity index (χ0) is 72.8. The molecule has 108 heavy (non-hydrogen) atoms. The molecule has 5 unspecified atom stereocenters. The van der Waals surface area contributed by atoms with Crippen molar-refractivity contribution in [1.29, 1.82) is 0 Å². The summed E-state index contributed by atoms with van der Waals surface area (Å²) in [7, 11) is 0. The average Bonchev–Trinajstić information content (AvgIpc) is 1.53. The number of allylic oxidation sites excluding steroid dienone is 5. The molecule has 4 aliphatic carbocycles. The van der Waals surface area contributed by atoms with Crippen molar-refractivity contribution in [1.82, 2.24) is 0 Å². The molecule has 0 fully saturated rings. The highest BCUT2D eigenvalue weighted by molar-refractivity contribution is 5.93. The maximum Gasteiger partial charge on any atom is 0.127 e. The molecule has 4 aliphatic rings. The lowest BCUT2D eigenvalue weighted by atomic mass is 9.62. The fourth-order valence-corrected chi connectivity index (χ4v) is 17.9. The number of benzene rings is 14. The molecule has 0 aliphatic heterocycles. The van der Waals surface area contributed by atoms with Crippen LogP contribution in [0.5, 0.6) is 17.2 Å². The Kier molecular flexibility index (Phi) is 17.4. The molecule has 520 valence electrons. The Morgan fingerprint density at radius 2 is 0.787 bits per heavy atom. The molecule has 0 amide bonds. The molecular weight excluding hydrogens is 1310 g/mol. The zero-order valence-electron chi connectivity index (χ0n) is 60.9. The maximum absolute atomic E-state index is 6.67. The summed E-state index contributed by atoms with van der Waals surface area (Å²) in [4.78, 5) is 5.06. The van der Waals surface area contributed by atoms with Crippen molar-refractivity contribution in [2.45, 2.75) is 49.5 Å². The van der Waals surface area contributed by atoms with Gasteiger partial charge in [0.25, 0.3) is 0 Å². The van der Waals surface area contributed by atoms with Gasteiger partial charge < -0.3 is 19.3 Å². The molecule has 0 spiro atoms. The largest absolute Gasteiger partial charge is 0.458 e. The highest BCUT2D eigenvalue weighted by Gasteiger charge is 2.53. The van der Waals surface area contributed by atoms with E-state index in [9.17, 15) is 0 Å². The summed E-state index contributed by atoms with van der Waals surface area (Å²) in [5, 5.41) is 0. The van der Waals surface area contributed by atoms with Gasteiger partial charge in [0.1, 0.15) is 23.0 Å². The van der Waals surface area contributed by atoms with Crippen LogP contribution in [0.3, 0.4) is 0 Å². The quantitative estimate of drug-likeness (QED) is 0.0754. The van der Waals surface area contributed by atoms with Crippen LogP contribution < -0.4 is 19.3 Å². The molecular formula is C104H82N2O2. The maximum atomic E-state index is 6.67. The van der Waals surface area contributed by atoms with Crippen molar-refractivity contribution >= 4 is 40.1 Å². The molecule has 0 saturated carbocycles. The van der Waals surface area contributed by atoms with Crippen molar-refractivity contribution in [3.63, 3.8) is 0 Å². The molecule has 0 saturated heterocycles. The van der Waals surface area contributed by atoms with Crippen LogP contribution in [0.4, 0.5) is 28.4 Å². The van der Waals surface area contributed by atoms with Crippen LogP contribution in [0.1, 0.15) is 83.2 Å². The normalized spacial score (nSPS) is 18.7. The van der Waals surface area contributed by atoms with Gasteiger partial charge >= 0.3 is 0 Å². The minimum atomic E-state index is -0.716. The number of hydrogen-bond donors (Lipinski definition) is 0. The summed E-state index contributed by atoms with van der Waals surface area (Å²) in [6, 6.07) is 132. The number of nitrogens with zero attached hydrogens (tertiary/aromatic N) is 2. The Hall–Kier alpha value is -13.0. The van der Waals surface area contributed by atoms with Gasteiger partial charge in [0.15, 0.2) is 0 Å². The predicted molar refractivity (Wildman–Crippen MR) is 449 cm³/mol. The van der Waals surface area contributed by atoms with Crippen molar-refractivity contribution in [3.05, 3.63) is 457 Å². The molecule has 18 rings (SSSR count). The Labute approximate surface area is 635 Å².